The predicted molar refractivity (Wildman–Crippen MR) is 151 cm³/mol. The summed E-state index contributed by atoms with van der Waals surface area (Å²) in [6.45, 7) is 12.2. The normalized spacial score (nSPS) is 15.6. The molecule has 1 atom stereocenters. The van der Waals surface area contributed by atoms with Gasteiger partial charge in [0, 0.05) is 24.0 Å². The van der Waals surface area contributed by atoms with Gasteiger partial charge in [0.1, 0.15) is 6.17 Å². The summed E-state index contributed by atoms with van der Waals surface area (Å²) in [7, 11) is 0. The lowest BCUT2D eigenvalue weighted by Gasteiger charge is -2.15. The monoisotopic (exact) mass is 502 g/mol. The number of nitrogens with one attached hydrogen (secondary N) is 3. The maximum atomic E-state index is 12.0. The fourth-order valence-corrected chi connectivity index (χ4v) is 3.71. The van der Waals surface area contributed by atoms with Crippen molar-refractivity contribution in [2.75, 3.05) is 31.9 Å². The molecule has 194 valence electrons. The van der Waals surface area contributed by atoms with Crippen LogP contribution in [-0.2, 0) is 9.47 Å². The van der Waals surface area contributed by atoms with Gasteiger partial charge in [-0.3, -0.25) is 0 Å². The summed E-state index contributed by atoms with van der Waals surface area (Å²) in [5.74, 6) is 0.503. The minimum absolute atomic E-state index is 0.0239. The number of allylic oxidation sites excluding steroid dienone is 4. The Hall–Kier alpha value is -4.10. The average molecular weight is 503 g/mol. The van der Waals surface area contributed by atoms with Gasteiger partial charge in [-0.1, -0.05) is 61.7 Å². The molecule has 2 aromatic carbocycles. The maximum Gasteiger partial charge on any atom is 0.213 e. The number of hydrogen-bond donors (Lipinski definition) is 3. The molecule has 0 aliphatic carbocycles. The van der Waals surface area contributed by atoms with Crippen molar-refractivity contribution in [1.82, 2.24) is 10.6 Å². The molecule has 1 aliphatic heterocycles. The van der Waals surface area contributed by atoms with Crippen LogP contribution in [0.1, 0.15) is 36.7 Å². The van der Waals surface area contributed by atoms with Crippen molar-refractivity contribution < 1.29 is 13.9 Å². The Kier molecular flexibility index (Phi) is 10.7. The number of anilines is 1. The van der Waals surface area contributed by atoms with Gasteiger partial charge < -0.3 is 25.4 Å². The Morgan fingerprint density at radius 3 is 2.54 bits per heavy atom. The van der Waals surface area contributed by atoms with E-state index in [0.29, 0.717) is 31.4 Å². The van der Waals surface area contributed by atoms with E-state index in [4.69, 9.17) is 9.47 Å². The zero-order valence-corrected chi connectivity index (χ0v) is 21.5. The van der Waals surface area contributed by atoms with E-state index >= 15 is 0 Å². The van der Waals surface area contributed by atoms with Crippen LogP contribution >= 0.6 is 0 Å². The molecule has 37 heavy (non-hydrogen) atoms. The molecule has 0 aromatic heterocycles. The van der Waals surface area contributed by atoms with Gasteiger partial charge in [0.05, 0.1) is 24.6 Å². The number of rotatable bonds is 13. The topological polar surface area (TPSA) is 66.9 Å². The lowest BCUT2D eigenvalue weighted by molar-refractivity contribution is 0.0649. The Labute approximate surface area is 219 Å². The number of nitrogens with zero attached hydrogens (tertiary/aromatic N) is 1. The fourth-order valence-electron chi connectivity index (χ4n) is 3.71. The van der Waals surface area contributed by atoms with E-state index in [-0.39, 0.29) is 6.17 Å². The van der Waals surface area contributed by atoms with E-state index in [1.54, 1.807) is 18.2 Å². The summed E-state index contributed by atoms with van der Waals surface area (Å²) in [5, 5.41) is 10.3. The first-order valence-corrected chi connectivity index (χ1v) is 12.2. The zero-order valence-electron chi connectivity index (χ0n) is 21.5. The van der Waals surface area contributed by atoms with Crippen LogP contribution < -0.4 is 16.0 Å². The van der Waals surface area contributed by atoms with E-state index < -0.39 is 6.86 Å². The van der Waals surface area contributed by atoms with Crippen molar-refractivity contribution in [2.24, 2.45) is 4.99 Å². The van der Waals surface area contributed by atoms with Gasteiger partial charge in [0.2, 0.25) is 5.90 Å². The molecule has 0 saturated carbocycles. The number of ether oxygens (including phenoxy) is 2. The van der Waals surface area contributed by atoms with E-state index in [2.05, 4.69) is 77.4 Å². The standard InChI is InChI=1S/C30H35FN4O2/c1-5-7-8-22(3)33-28(37-6-2)18-11-24-9-12-26(13-10-24)30-34-23(4)29(35-30)25-14-16-27(17-15-25)32-19-20-36-21-31/h5,7-18,30,32,34-35H,1,3,6,19-21H2,2,4H3/b8-7-,18-11+,33-28?. The lowest BCUT2D eigenvalue weighted by atomic mass is 10.1. The minimum Gasteiger partial charge on any atom is -0.478 e. The van der Waals surface area contributed by atoms with Crippen LogP contribution in [0.25, 0.3) is 11.8 Å². The first-order valence-electron chi connectivity index (χ1n) is 12.2. The molecule has 0 fully saturated rings. The first-order chi connectivity index (χ1) is 18.0. The van der Waals surface area contributed by atoms with Gasteiger partial charge >= 0.3 is 0 Å². The molecule has 3 rings (SSSR count). The highest BCUT2D eigenvalue weighted by Crippen LogP contribution is 2.27. The van der Waals surface area contributed by atoms with Crippen LogP contribution in [0.5, 0.6) is 0 Å². The van der Waals surface area contributed by atoms with Crippen molar-refractivity contribution in [3.63, 3.8) is 0 Å². The van der Waals surface area contributed by atoms with Crippen molar-refractivity contribution >= 4 is 23.4 Å². The minimum atomic E-state index is -0.762. The third-order valence-electron chi connectivity index (χ3n) is 5.51. The highest BCUT2D eigenvalue weighted by atomic mass is 19.1. The van der Waals surface area contributed by atoms with Crippen LogP contribution in [0, 0.1) is 0 Å². The Bertz CT molecular complexity index is 1170. The molecule has 0 radical (unpaired) electrons. The maximum absolute atomic E-state index is 12.0. The number of aliphatic imine (C=N–C) groups is 1. The summed E-state index contributed by atoms with van der Waals surface area (Å²) in [6.07, 6.45) is 9.02. The average Bonchev–Trinajstić information content (AvgIpc) is 3.30. The molecule has 1 aliphatic rings. The SMILES string of the molecule is C=C/C=C\C(=C)N=C(/C=C/c1ccc(C2NC(C)=C(c3ccc(NCCOCF)cc3)N2)cc1)OCC. The third-order valence-corrected chi connectivity index (χ3v) is 5.51. The van der Waals surface area contributed by atoms with Crippen molar-refractivity contribution in [1.29, 1.82) is 0 Å². The Balaban J connectivity index is 1.61. The number of hydrogen-bond acceptors (Lipinski definition) is 6. The predicted octanol–water partition coefficient (Wildman–Crippen LogP) is 6.33. The van der Waals surface area contributed by atoms with E-state index in [9.17, 15) is 4.39 Å². The van der Waals surface area contributed by atoms with Gasteiger partial charge in [0.25, 0.3) is 0 Å². The molecule has 0 spiro atoms. The Morgan fingerprint density at radius 1 is 1.11 bits per heavy atom. The smallest absolute Gasteiger partial charge is 0.213 e. The largest absolute Gasteiger partial charge is 0.478 e. The molecule has 1 heterocycles. The highest BCUT2D eigenvalue weighted by molar-refractivity contribution is 5.92. The summed E-state index contributed by atoms with van der Waals surface area (Å²) < 4.78 is 22.4. The first kappa shape index (κ1) is 27.5. The van der Waals surface area contributed by atoms with E-state index in [0.717, 1.165) is 33.8 Å². The van der Waals surface area contributed by atoms with Crippen LogP contribution in [0.15, 0.2) is 102 Å². The molecular formula is C30H35FN4O2. The summed E-state index contributed by atoms with van der Waals surface area (Å²) in [6, 6.07) is 16.4. The van der Waals surface area contributed by atoms with Crippen LogP contribution in [0.4, 0.5) is 10.1 Å². The molecule has 0 saturated heterocycles. The zero-order chi connectivity index (χ0) is 26.5. The molecule has 1 unspecified atom stereocenters. The summed E-state index contributed by atoms with van der Waals surface area (Å²) in [5.41, 5.74) is 6.94. The summed E-state index contributed by atoms with van der Waals surface area (Å²) >= 11 is 0. The van der Waals surface area contributed by atoms with Crippen LogP contribution in [-0.4, -0.2) is 32.5 Å². The van der Waals surface area contributed by atoms with Gasteiger partial charge in [-0.05, 0) is 54.8 Å². The van der Waals surface area contributed by atoms with Gasteiger partial charge in [-0.15, -0.1) is 0 Å². The number of halogens is 1. The van der Waals surface area contributed by atoms with Gasteiger partial charge in [-0.2, -0.15) is 0 Å². The quantitative estimate of drug-likeness (QED) is 0.129. The second-order valence-corrected chi connectivity index (χ2v) is 8.21. The summed E-state index contributed by atoms with van der Waals surface area (Å²) in [4.78, 5) is 4.40. The third kappa shape index (κ3) is 8.51. The molecule has 7 heteroatoms. The van der Waals surface area contributed by atoms with Crippen LogP contribution in [0.3, 0.4) is 0 Å². The molecule has 2 aromatic rings. The number of benzene rings is 2. The van der Waals surface area contributed by atoms with Crippen molar-refractivity contribution in [3.8, 4) is 0 Å². The van der Waals surface area contributed by atoms with Gasteiger partial charge in [-0.25, -0.2) is 9.38 Å². The fraction of sp³-hybridized carbons (Fsp3) is 0.233. The highest BCUT2D eigenvalue weighted by Gasteiger charge is 2.22. The molecule has 6 nitrogen and oxygen atoms in total. The van der Waals surface area contributed by atoms with Crippen LogP contribution in [0.2, 0.25) is 0 Å². The second kappa shape index (κ2) is 14.5. The second-order valence-electron chi connectivity index (χ2n) is 8.21. The van der Waals surface area contributed by atoms with E-state index in [1.165, 1.54) is 0 Å². The molecule has 0 bridgehead atoms. The van der Waals surface area contributed by atoms with E-state index in [1.807, 2.05) is 31.2 Å². The molecule has 3 N–H and O–H groups in total. The number of alkyl halides is 1. The molecule has 0 amide bonds. The van der Waals surface area contributed by atoms with Crippen molar-refractivity contribution in [3.05, 3.63) is 114 Å². The Morgan fingerprint density at radius 2 is 1.86 bits per heavy atom. The van der Waals surface area contributed by atoms with Crippen molar-refractivity contribution in [2.45, 2.75) is 20.0 Å². The lowest BCUT2D eigenvalue weighted by Crippen LogP contribution is -2.23. The van der Waals surface area contributed by atoms with Gasteiger partial charge in [0.15, 0.2) is 6.86 Å². The molecular weight excluding hydrogens is 467 g/mol.